The van der Waals surface area contributed by atoms with Crippen molar-refractivity contribution >= 4 is 17.8 Å². The lowest BCUT2D eigenvalue weighted by Crippen LogP contribution is -2.31. The van der Waals surface area contributed by atoms with Crippen LogP contribution in [0.4, 0.5) is 0 Å². The van der Waals surface area contributed by atoms with E-state index >= 15 is 0 Å². The van der Waals surface area contributed by atoms with Crippen LogP contribution in [0.1, 0.15) is 64.8 Å². The van der Waals surface area contributed by atoms with Crippen molar-refractivity contribution < 1.29 is 23.6 Å². The van der Waals surface area contributed by atoms with Crippen LogP contribution in [0.15, 0.2) is 53.1 Å². The van der Waals surface area contributed by atoms with Crippen LogP contribution in [0.25, 0.3) is 11.4 Å². The average Bonchev–Trinajstić information content (AvgIpc) is 3.37. The van der Waals surface area contributed by atoms with Gasteiger partial charge in [-0.25, -0.2) is 0 Å². The normalized spacial score (nSPS) is 13.0. The Bertz CT molecular complexity index is 1120. The Morgan fingerprint density at radius 3 is 2.31 bits per heavy atom. The maximum Gasteiger partial charge on any atom is 0.306 e. The number of hydrogen-bond acceptors (Lipinski definition) is 7. The van der Waals surface area contributed by atoms with Gasteiger partial charge in [-0.15, -0.1) is 0 Å². The molecular formula is C24H23N3O5. The molecule has 0 fully saturated rings. The third-order valence-electron chi connectivity index (χ3n) is 5.30. The van der Waals surface area contributed by atoms with E-state index in [0.717, 1.165) is 10.5 Å². The highest BCUT2D eigenvalue weighted by Gasteiger charge is 2.34. The van der Waals surface area contributed by atoms with Crippen LogP contribution in [0.3, 0.4) is 0 Å². The first kappa shape index (κ1) is 21.4. The molecule has 0 atom stereocenters. The number of fused-ring (bicyclic) bond motifs is 1. The molecule has 0 radical (unpaired) electrons. The summed E-state index contributed by atoms with van der Waals surface area (Å²) in [6.45, 7) is 4.26. The Labute approximate surface area is 185 Å². The maximum absolute atomic E-state index is 12.3. The number of carbonyl (C=O) groups is 3. The van der Waals surface area contributed by atoms with Gasteiger partial charge in [0.25, 0.3) is 17.7 Å². The Morgan fingerprint density at radius 1 is 1.03 bits per heavy atom. The fourth-order valence-corrected chi connectivity index (χ4v) is 3.49. The van der Waals surface area contributed by atoms with Crippen molar-refractivity contribution in [2.45, 2.75) is 39.2 Å². The first-order valence-corrected chi connectivity index (χ1v) is 10.5. The minimum atomic E-state index is -0.470. The summed E-state index contributed by atoms with van der Waals surface area (Å²) in [5.74, 6) is -0.0832. The van der Waals surface area contributed by atoms with Crippen LogP contribution >= 0.6 is 0 Å². The second-order valence-electron chi connectivity index (χ2n) is 7.86. The summed E-state index contributed by atoms with van der Waals surface area (Å²) < 4.78 is 10.3. The molecule has 32 heavy (non-hydrogen) atoms. The van der Waals surface area contributed by atoms with Crippen LogP contribution in [0.2, 0.25) is 0 Å². The quantitative estimate of drug-likeness (QED) is 0.391. The number of carbonyl (C=O) groups excluding carboxylic acids is 3. The molecule has 8 nitrogen and oxygen atoms in total. The molecule has 0 saturated carbocycles. The summed E-state index contributed by atoms with van der Waals surface area (Å²) in [5.41, 5.74) is 2.82. The molecule has 2 aromatic carbocycles. The van der Waals surface area contributed by atoms with Crippen molar-refractivity contribution in [3.8, 4) is 11.4 Å². The van der Waals surface area contributed by atoms with E-state index in [2.05, 4.69) is 24.0 Å². The molecule has 1 aliphatic heterocycles. The molecule has 3 aromatic rings. The van der Waals surface area contributed by atoms with Gasteiger partial charge >= 0.3 is 5.97 Å². The van der Waals surface area contributed by atoms with Crippen molar-refractivity contribution in [3.63, 3.8) is 0 Å². The minimum absolute atomic E-state index is 0.0606. The topological polar surface area (TPSA) is 103 Å². The van der Waals surface area contributed by atoms with Gasteiger partial charge in [-0.1, -0.05) is 55.4 Å². The second-order valence-corrected chi connectivity index (χ2v) is 7.86. The third-order valence-corrected chi connectivity index (χ3v) is 5.30. The number of nitrogens with zero attached hydrogens (tertiary/aromatic N) is 3. The van der Waals surface area contributed by atoms with Crippen molar-refractivity contribution in [2.75, 3.05) is 6.54 Å². The number of aromatic nitrogens is 2. The van der Waals surface area contributed by atoms with Crippen LogP contribution in [0, 0.1) is 0 Å². The Hall–Kier alpha value is -3.81. The SMILES string of the molecule is CC(C)c1ccc(-c2noc(COC(=O)CCCN3C(=O)c4ccccc4C3=O)n2)cc1. The zero-order chi connectivity index (χ0) is 22.7. The first-order chi connectivity index (χ1) is 15.4. The van der Waals surface area contributed by atoms with Crippen LogP contribution in [-0.2, 0) is 16.1 Å². The summed E-state index contributed by atoms with van der Waals surface area (Å²) in [4.78, 5) is 42.1. The summed E-state index contributed by atoms with van der Waals surface area (Å²) in [7, 11) is 0. The minimum Gasteiger partial charge on any atom is -0.456 e. The molecule has 0 aliphatic carbocycles. The summed E-state index contributed by atoms with van der Waals surface area (Å²) in [6, 6.07) is 14.6. The highest BCUT2D eigenvalue weighted by atomic mass is 16.6. The summed E-state index contributed by atoms with van der Waals surface area (Å²) in [6.07, 6.45) is 0.368. The van der Waals surface area contributed by atoms with Crippen molar-refractivity contribution in [3.05, 3.63) is 71.1 Å². The van der Waals surface area contributed by atoms with Gasteiger partial charge in [-0.05, 0) is 30.0 Å². The zero-order valence-corrected chi connectivity index (χ0v) is 17.9. The van der Waals surface area contributed by atoms with E-state index in [1.165, 1.54) is 5.56 Å². The average molecular weight is 433 g/mol. The van der Waals surface area contributed by atoms with E-state index in [4.69, 9.17) is 9.26 Å². The lowest BCUT2D eigenvalue weighted by Gasteiger charge is -2.13. The molecule has 8 heteroatoms. The van der Waals surface area contributed by atoms with Crippen molar-refractivity contribution in [1.29, 1.82) is 0 Å². The monoisotopic (exact) mass is 433 g/mol. The Balaban J connectivity index is 1.24. The standard InChI is InChI=1S/C24H23N3O5/c1-15(2)16-9-11-17(12-10-16)22-25-20(32-26-22)14-31-21(28)8-5-13-27-23(29)18-6-3-4-7-19(18)24(27)30/h3-4,6-7,9-12,15H,5,8,13-14H2,1-2H3. The summed E-state index contributed by atoms with van der Waals surface area (Å²) in [5, 5.41) is 3.93. The molecule has 164 valence electrons. The number of rotatable bonds is 8. The predicted molar refractivity (Wildman–Crippen MR) is 115 cm³/mol. The lowest BCUT2D eigenvalue weighted by atomic mass is 10.0. The van der Waals surface area contributed by atoms with E-state index in [0.29, 0.717) is 29.3 Å². The van der Waals surface area contributed by atoms with Gasteiger partial charge in [0, 0.05) is 18.5 Å². The fourth-order valence-electron chi connectivity index (χ4n) is 3.49. The van der Waals surface area contributed by atoms with Gasteiger partial charge < -0.3 is 9.26 Å². The number of amides is 2. The van der Waals surface area contributed by atoms with Crippen LogP contribution in [0.5, 0.6) is 0 Å². The Morgan fingerprint density at radius 2 is 1.69 bits per heavy atom. The molecule has 2 heterocycles. The third kappa shape index (κ3) is 4.44. The summed E-state index contributed by atoms with van der Waals surface area (Å²) >= 11 is 0. The van der Waals surface area contributed by atoms with Crippen LogP contribution < -0.4 is 0 Å². The molecule has 0 bridgehead atoms. The maximum atomic E-state index is 12.3. The number of hydrogen-bond donors (Lipinski definition) is 0. The molecule has 0 saturated heterocycles. The zero-order valence-electron chi connectivity index (χ0n) is 17.9. The Kier molecular flexibility index (Phi) is 6.11. The second kappa shape index (κ2) is 9.13. The number of ether oxygens (including phenoxy) is 1. The largest absolute Gasteiger partial charge is 0.456 e. The van der Waals surface area contributed by atoms with Gasteiger partial charge in [0.2, 0.25) is 5.82 Å². The molecule has 4 rings (SSSR count). The van der Waals surface area contributed by atoms with E-state index in [9.17, 15) is 14.4 Å². The molecule has 0 spiro atoms. The van der Waals surface area contributed by atoms with Crippen molar-refractivity contribution in [1.82, 2.24) is 15.0 Å². The highest BCUT2D eigenvalue weighted by molar-refractivity contribution is 6.21. The molecule has 0 N–H and O–H groups in total. The molecular weight excluding hydrogens is 410 g/mol. The smallest absolute Gasteiger partial charge is 0.306 e. The molecule has 2 amide bonds. The van der Waals surface area contributed by atoms with Gasteiger partial charge in [0.15, 0.2) is 6.61 Å². The first-order valence-electron chi connectivity index (χ1n) is 10.5. The number of imide groups is 1. The highest BCUT2D eigenvalue weighted by Crippen LogP contribution is 2.23. The van der Waals surface area contributed by atoms with E-state index in [1.807, 2.05) is 24.3 Å². The fraction of sp³-hybridized carbons (Fsp3) is 0.292. The number of benzene rings is 2. The van der Waals surface area contributed by atoms with Crippen molar-refractivity contribution in [2.24, 2.45) is 0 Å². The van der Waals surface area contributed by atoms with Gasteiger partial charge in [-0.2, -0.15) is 4.98 Å². The molecule has 1 aliphatic rings. The molecule has 0 unspecified atom stereocenters. The lowest BCUT2D eigenvalue weighted by molar-refractivity contribution is -0.145. The van der Waals surface area contributed by atoms with E-state index in [-0.39, 0.29) is 37.3 Å². The number of esters is 1. The molecule has 1 aromatic heterocycles. The van der Waals surface area contributed by atoms with E-state index in [1.54, 1.807) is 24.3 Å². The van der Waals surface area contributed by atoms with Crippen LogP contribution in [-0.4, -0.2) is 39.4 Å². The predicted octanol–water partition coefficient (Wildman–Crippen LogP) is 3.98. The van der Waals surface area contributed by atoms with E-state index < -0.39 is 5.97 Å². The van der Waals surface area contributed by atoms with Gasteiger partial charge in [-0.3, -0.25) is 19.3 Å². The van der Waals surface area contributed by atoms with Gasteiger partial charge in [0.1, 0.15) is 0 Å². The van der Waals surface area contributed by atoms with Gasteiger partial charge in [0.05, 0.1) is 11.1 Å².